The SMILES string of the molecule is COP(=O)(OC)c1cc(Oc2ccccc2)ccc1C(C)c1ccc(Oc2ccccc2)c(-c2ccccc2)c1P(=O)(OC)OC. The van der Waals surface area contributed by atoms with Crippen molar-refractivity contribution < 1.29 is 36.7 Å². The van der Waals surface area contributed by atoms with E-state index < -0.39 is 21.1 Å². The van der Waals surface area contributed by atoms with Crippen molar-refractivity contribution in [2.24, 2.45) is 0 Å². The first-order chi connectivity index (χ1) is 22.3. The van der Waals surface area contributed by atoms with Gasteiger partial charge in [0.05, 0.1) is 10.6 Å². The van der Waals surface area contributed by atoms with Gasteiger partial charge in [0.15, 0.2) is 0 Å². The normalized spacial score (nSPS) is 12.5. The summed E-state index contributed by atoms with van der Waals surface area (Å²) in [6.07, 6.45) is 0. The monoisotopic (exact) mass is 658 g/mol. The van der Waals surface area contributed by atoms with Gasteiger partial charge < -0.3 is 27.6 Å². The summed E-state index contributed by atoms with van der Waals surface area (Å²) in [6, 6.07) is 37.0. The second-order valence-electron chi connectivity index (χ2n) is 10.2. The second kappa shape index (κ2) is 14.6. The molecule has 0 fully saturated rings. The minimum absolute atomic E-state index is 0.305. The highest BCUT2D eigenvalue weighted by Gasteiger charge is 2.38. The molecule has 0 heterocycles. The number of benzene rings is 5. The van der Waals surface area contributed by atoms with Gasteiger partial charge in [-0.15, -0.1) is 0 Å². The van der Waals surface area contributed by atoms with Crippen molar-refractivity contribution in [3.05, 3.63) is 132 Å². The fourth-order valence-corrected chi connectivity index (χ4v) is 8.35. The fourth-order valence-electron chi connectivity index (χ4n) is 5.33. The average molecular weight is 659 g/mol. The Morgan fingerprint density at radius 1 is 0.522 bits per heavy atom. The van der Waals surface area contributed by atoms with Gasteiger partial charge in [0.2, 0.25) is 0 Å². The smallest absolute Gasteiger partial charge is 0.361 e. The molecule has 1 unspecified atom stereocenters. The lowest BCUT2D eigenvalue weighted by molar-refractivity contribution is 0.286. The van der Waals surface area contributed by atoms with Crippen LogP contribution in [0, 0.1) is 0 Å². The minimum atomic E-state index is -3.94. The highest BCUT2D eigenvalue weighted by Crippen LogP contribution is 2.54. The van der Waals surface area contributed by atoms with Crippen LogP contribution in [-0.4, -0.2) is 28.4 Å². The summed E-state index contributed by atoms with van der Waals surface area (Å²) in [6.45, 7) is 1.92. The summed E-state index contributed by atoms with van der Waals surface area (Å²) in [7, 11) is -2.38. The number of hydrogen-bond donors (Lipinski definition) is 0. The molecule has 0 spiro atoms. The highest BCUT2D eigenvalue weighted by atomic mass is 31.2. The Kier molecular flexibility index (Phi) is 10.6. The van der Waals surface area contributed by atoms with E-state index in [1.807, 2.05) is 116 Å². The van der Waals surface area contributed by atoms with Gasteiger partial charge in [-0.05, 0) is 59.2 Å². The zero-order chi connectivity index (χ0) is 32.7. The Labute approximate surface area is 269 Å². The van der Waals surface area contributed by atoms with E-state index in [1.54, 1.807) is 12.1 Å². The Bertz CT molecular complexity index is 1850. The van der Waals surface area contributed by atoms with Crippen LogP contribution in [0.4, 0.5) is 0 Å². The van der Waals surface area contributed by atoms with Gasteiger partial charge in [-0.2, -0.15) is 0 Å². The quantitative estimate of drug-likeness (QED) is 0.116. The van der Waals surface area contributed by atoms with E-state index in [2.05, 4.69) is 0 Å². The van der Waals surface area contributed by atoms with E-state index in [4.69, 9.17) is 27.6 Å². The molecule has 238 valence electrons. The molecular formula is C36H36O8P2. The van der Waals surface area contributed by atoms with Gasteiger partial charge in [-0.1, -0.05) is 85.8 Å². The molecule has 8 nitrogen and oxygen atoms in total. The van der Waals surface area contributed by atoms with Crippen molar-refractivity contribution in [2.75, 3.05) is 28.4 Å². The molecule has 5 rings (SSSR count). The molecule has 0 N–H and O–H groups in total. The van der Waals surface area contributed by atoms with E-state index in [0.29, 0.717) is 50.3 Å². The third kappa shape index (κ3) is 6.89. The first kappa shape index (κ1) is 33.4. The van der Waals surface area contributed by atoms with Crippen molar-refractivity contribution in [3.8, 4) is 34.1 Å². The van der Waals surface area contributed by atoms with Gasteiger partial charge >= 0.3 is 15.2 Å². The lowest BCUT2D eigenvalue weighted by Crippen LogP contribution is -2.23. The maximum Gasteiger partial charge on any atom is 0.361 e. The summed E-state index contributed by atoms with van der Waals surface area (Å²) in [5.41, 5.74) is 2.53. The Morgan fingerprint density at radius 3 is 1.57 bits per heavy atom. The number of para-hydroxylation sites is 2. The summed E-state index contributed by atoms with van der Waals surface area (Å²) < 4.78 is 63.3. The van der Waals surface area contributed by atoms with Crippen molar-refractivity contribution in [1.29, 1.82) is 0 Å². The number of hydrogen-bond acceptors (Lipinski definition) is 8. The van der Waals surface area contributed by atoms with Gasteiger partial charge in [0.1, 0.15) is 23.0 Å². The Hall–Kier alpha value is -4.00. The van der Waals surface area contributed by atoms with Crippen molar-refractivity contribution >= 4 is 25.8 Å². The van der Waals surface area contributed by atoms with Gasteiger partial charge in [-0.3, -0.25) is 9.13 Å². The molecule has 0 aliphatic heterocycles. The predicted molar refractivity (Wildman–Crippen MR) is 181 cm³/mol. The number of ether oxygens (including phenoxy) is 2. The number of rotatable bonds is 13. The second-order valence-corrected chi connectivity index (χ2v) is 14.6. The molecule has 10 heteroatoms. The molecule has 0 radical (unpaired) electrons. The predicted octanol–water partition coefficient (Wildman–Crippen LogP) is 9.31. The highest BCUT2D eigenvalue weighted by molar-refractivity contribution is 7.63. The van der Waals surface area contributed by atoms with Gasteiger partial charge in [0.25, 0.3) is 0 Å². The van der Waals surface area contributed by atoms with Crippen LogP contribution < -0.4 is 20.1 Å². The molecule has 5 aromatic rings. The lowest BCUT2D eigenvalue weighted by Gasteiger charge is -2.28. The van der Waals surface area contributed by atoms with Crippen molar-refractivity contribution in [2.45, 2.75) is 12.8 Å². The van der Waals surface area contributed by atoms with E-state index in [-0.39, 0.29) is 0 Å². The molecule has 0 saturated heterocycles. The first-order valence-corrected chi connectivity index (χ1v) is 17.6. The largest absolute Gasteiger partial charge is 0.457 e. The maximum absolute atomic E-state index is 14.5. The Balaban J connectivity index is 1.76. The van der Waals surface area contributed by atoms with Crippen LogP contribution in [0.15, 0.2) is 121 Å². The summed E-state index contributed by atoms with van der Waals surface area (Å²) in [5, 5.41) is 0.629. The molecule has 0 amide bonds. The van der Waals surface area contributed by atoms with E-state index in [1.165, 1.54) is 28.4 Å². The maximum atomic E-state index is 14.5. The van der Waals surface area contributed by atoms with Crippen LogP contribution in [0.5, 0.6) is 23.0 Å². The van der Waals surface area contributed by atoms with E-state index in [0.717, 1.165) is 5.56 Å². The van der Waals surface area contributed by atoms with Crippen LogP contribution in [0.1, 0.15) is 24.0 Å². The Morgan fingerprint density at radius 2 is 1.02 bits per heavy atom. The van der Waals surface area contributed by atoms with Crippen LogP contribution in [0.25, 0.3) is 11.1 Å². The molecule has 0 bridgehead atoms. The van der Waals surface area contributed by atoms with Crippen LogP contribution >= 0.6 is 15.2 Å². The zero-order valence-electron chi connectivity index (χ0n) is 26.3. The van der Waals surface area contributed by atoms with Gasteiger partial charge in [0, 0.05) is 39.9 Å². The lowest BCUT2D eigenvalue weighted by atomic mass is 9.90. The first-order valence-electron chi connectivity index (χ1n) is 14.5. The third-order valence-electron chi connectivity index (χ3n) is 7.65. The van der Waals surface area contributed by atoms with Crippen molar-refractivity contribution in [1.82, 2.24) is 0 Å². The summed E-state index contributed by atoms with van der Waals surface area (Å²) >= 11 is 0. The zero-order valence-corrected chi connectivity index (χ0v) is 28.1. The average Bonchev–Trinajstić information content (AvgIpc) is 3.11. The van der Waals surface area contributed by atoms with Crippen LogP contribution in [0.2, 0.25) is 0 Å². The summed E-state index contributed by atoms with van der Waals surface area (Å²) in [4.78, 5) is 0. The van der Waals surface area contributed by atoms with Crippen molar-refractivity contribution in [3.63, 3.8) is 0 Å². The minimum Gasteiger partial charge on any atom is -0.457 e. The van der Waals surface area contributed by atoms with Crippen LogP contribution in [-0.2, 0) is 27.2 Å². The molecule has 5 aromatic carbocycles. The summed E-state index contributed by atoms with van der Waals surface area (Å²) in [5.74, 6) is 1.62. The molecule has 0 saturated carbocycles. The molecular weight excluding hydrogens is 622 g/mol. The molecule has 46 heavy (non-hydrogen) atoms. The van der Waals surface area contributed by atoms with E-state index in [9.17, 15) is 9.13 Å². The molecule has 1 atom stereocenters. The third-order valence-corrected chi connectivity index (χ3v) is 11.6. The molecule has 0 aliphatic carbocycles. The van der Waals surface area contributed by atoms with Crippen LogP contribution in [0.3, 0.4) is 0 Å². The topological polar surface area (TPSA) is 89.5 Å². The fraction of sp³-hybridized carbons (Fsp3) is 0.167. The molecule has 0 aliphatic rings. The molecule has 0 aromatic heterocycles. The van der Waals surface area contributed by atoms with E-state index >= 15 is 0 Å². The van der Waals surface area contributed by atoms with Gasteiger partial charge in [-0.25, -0.2) is 0 Å². The standard InChI is InChI=1S/C36H36O8P2/c1-26(31-22-21-30(43-28-17-11-7-12-18-28)25-34(31)45(37,39-2)40-3)32-23-24-33(44-29-19-13-8-14-20-29)35(27-15-9-6-10-16-27)36(32)46(38,41-4)42-5/h6-26H,1-5H3.